The minimum atomic E-state index is -3.74. The van der Waals surface area contributed by atoms with Crippen molar-refractivity contribution in [2.24, 2.45) is 21.6 Å². The number of amides is 1. The lowest BCUT2D eigenvalue weighted by Gasteiger charge is -2.38. The van der Waals surface area contributed by atoms with Crippen molar-refractivity contribution in [2.75, 3.05) is 178 Å². The zero-order valence-corrected chi connectivity index (χ0v) is 49.7. The summed E-state index contributed by atoms with van der Waals surface area (Å²) in [4.78, 5) is 36.1. The molecule has 0 radical (unpaired) electrons. The van der Waals surface area contributed by atoms with Crippen molar-refractivity contribution in [3.8, 4) is 16.9 Å². The molecule has 1 fully saturated rings. The minimum absolute atomic E-state index is 0.0146. The van der Waals surface area contributed by atoms with Crippen molar-refractivity contribution in [1.29, 1.82) is 0 Å². The maximum atomic E-state index is 13.7. The van der Waals surface area contributed by atoms with E-state index in [9.17, 15) is 35.6 Å². The van der Waals surface area contributed by atoms with Crippen LogP contribution in [0.5, 0.6) is 5.75 Å². The summed E-state index contributed by atoms with van der Waals surface area (Å²) in [6.45, 7) is 14.2. The van der Waals surface area contributed by atoms with Crippen LogP contribution in [0.2, 0.25) is 0 Å². The van der Waals surface area contributed by atoms with Crippen molar-refractivity contribution in [1.82, 2.24) is 19.8 Å². The Morgan fingerprint density at radius 1 is 0.659 bits per heavy atom. The smallest absolute Gasteiger partial charge is 0.313 e. The largest absolute Gasteiger partial charge is 0.420 e. The van der Waals surface area contributed by atoms with E-state index in [0.717, 1.165) is 29.5 Å². The first kappa shape index (κ1) is 70.1. The molecule has 1 amide bonds. The van der Waals surface area contributed by atoms with E-state index in [-0.39, 0.29) is 55.6 Å². The highest BCUT2D eigenvalue weighted by Gasteiger charge is 2.37. The quantitative estimate of drug-likeness (QED) is 0.0124. The zero-order chi connectivity index (χ0) is 61.1. The summed E-state index contributed by atoms with van der Waals surface area (Å²) in [5.41, 5.74) is 9.83. The van der Waals surface area contributed by atoms with Gasteiger partial charge in [0.2, 0.25) is 33.3 Å². The maximum Gasteiger partial charge on any atom is 0.313 e. The fourth-order valence-electron chi connectivity index (χ4n) is 8.34. The van der Waals surface area contributed by atoms with Crippen LogP contribution in [-0.4, -0.2) is 220 Å². The fourth-order valence-corrected chi connectivity index (χ4v) is 9.98. The van der Waals surface area contributed by atoms with E-state index >= 15 is 0 Å². The molecule has 1 saturated heterocycles. The molecule has 2 aliphatic heterocycles. The standard InChI is InChI=1S/C58H83F4N7O15S/c1-4-13-68(14-5-2)57(71)47-35-46-10-9-45(37-51(46)67-52(63)38-47)44-7-6-8-48(36-44)85(72,73)69-41-43(42-69)40-66-58(64-3)65-12-16-75-18-20-77-22-24-79-26-28-81-30-32-83-34-33-82-31-29-80-27-25-78-23-21-76-19-17-74-15-11-53(70)84-56-54(61)49(59)39-50(60)55(56)62/h6-10,35-37,39,43H,4-5,11-34,38,40-42H2,1-3H3,(H2,63,67)(H2,64,65,66). The summed E-state index contributed by atoms with van der Waals surface area (Å²) in [6.07, 6.45) is 3.44. The molecule has 474 valence electrons. The molecule has 85 heavy (non-hydrogen) atoms. The minimum Gasteiger partial charge on any atom is -0.420 e. The van der Waals surface area contributed by atoms with Gasteiger partial charge in [-0.2, -0.15) is 13.1 Å². The number of sulfonamides is 1. The van der Waals surface area contributed by atoms with Gasteiger partial charge in [0.05, 0.1) is 149 Å². The second kappa shape index (κ2) is 39.9. The lowest BCUT2D eigenvalue weighted by Crippen LogP contribution is -2.54. The predicted molar refractivity (Wildman–Crippen MR) is 309 cm³/mol. The molecule has 0 aromatic heterocycles. The number of carbonyl (C=O) groups is 2. The van der Waals surface area contributed by atoms with E-state index in [1.54, 1.807) is 25.2 Å². The molecule has 0 atom stereocenters. The molecule has 2 heterocycles. The normalized spacial score (nSPS) is 13.9. The molecule has 0 bridgehead atoms. The average molecular weight is 1230 g/mol. The van der Waals surface area contributed by atoms with E-state index < -0.39 is 51.4 Å². The van der Waals surface area contributed by atoms with Crippen LogP contribution in [0.1, 0.15) is 45.1 Å². The monoisotopic (exact) mass is 1230 g/mol. The van der Waals surface area contributed by atoms with E-state index in [0.29, 0.717) is 168 Å². The third-order valence-corrected chi connectivity index (χ3v) is 14.5. The predicted octanol–water partition coefficient (Wildman–Crippen LogP) is 5.28. The van der Waals surface area contributed by atoms with Crippen molar-refractivity contribution >= 4 is 45.5 Å². The highest BCUT2D eigenvalue weighted by Crippen LogP contribution is 2.34. The zero-order valence-electron chi connectivity index (χ0n) is 48.9. The molecule has 0 spiro atoms. The van der Waals surface area contributed by atoms with Crippen LogP contribution >= 0.6 is 0 Å². The molecule has 3 aromatic rings. The Labute approximate surface area is 495 Å². The molecular weight excluding hydrogens is 1140 g/mol. The van der Waals surface area contributed by atoms with Gasteiger partial charge in [-0.3, -0.25) is 14.6 Å². The molecule has 0 aliphatic carbocycles. The number of nitrogens with zero attached hydrogens (tertiary/aromatic N) is 4. The van der Waals surface area contributed by atoms with Gasteiger partial charge in [-0.1, -0.05) is 38.1 Å². The molecule has 3 aromatic carbocycles. The van der Waals surface area contributed by atoms with Gasteiger partial charge in [0.15, 0.2) is 17.6 Å². The molecule has 2 aliphatic rings. The van der Waals surface area contributed by atoms with E-state index in [4.69, 9.17) is 53.1 Å². The number of hydrogen-bond acceptors (Lipinski definition) is 18. The van der Waals surface area contributed by atoms with Crippen molar-refractivity contribution in [2.45, 2.75) is 44.4 Å². The highest BCUT2D eigenvalue weighted by atomic mass is 32.2. The van der Waals surface area contributed by atoms with Gasteiger partial charge in [0.25, 0.3) is 0 Å². The van der Waals surface area contributed by atoms with Gasteiger partial charge in [-0.15, -0.1) is 0 Å². The van der Waals surface area contributed by atoms with Gasteiger partial charge in [-0.05, 0) is 48.2 Å². The molecule has 4 N–H and O–H groups in total. The number of fused-ring (bicyclic) bond motifs is 1. The summed E-state index contributed by atoms with van der Waals surface area (Å²) in [5, 5.41) is 6.49. The Kier molecular flexibility index (Phi) is 32.9. The molecular formula is C58H83F4N7O15S. The average Bonchev–Trinajstić information content (AvgIpc) is 3.81. The lowest BCUT2D eigenvalue weighted by atomic mass is 10.0. The second-order valence-electron chi connectivity index (χ2n) is 19.3. The van der Waals surface area contributed by atoms with Crippen molar-refractivity contribution < 1.29 is 87.7 Å². The first-order valence-electron chi connectivity index (χ1n) is 28.6. The summed E-state index contributed by atoms with van der Waals surface area (Å²) < 4.78 is 142. The third kappa shape index (κ3) is 25.3. The number of guanidine groups is 1. The van der Waals surface area contributed by atoms with Gasteiger partial charge in [0.1, 0.15) is 5.84 Å². The number of hydrogen-bond donors (Lipinski definition) is 3. The van der Waals surface area contributed by atoms with Gasteiger partial charge in [0, 0.05) is 75.9 Å². The highest BCUT2D eigenvalue weighted by molar-refractivity contribution is 7.89. The van der Waals surface area contributed by atoms with Crippen LogP contribution in [0, 0.1) is 29.2 Å². The summed E-state index contributed by atoms with van der Waals surface area (Å²) in [5.74, 6) is -8.52. The Balaban J connectivity index is 0.761. The molecule has 0 unspecified atom stereocenters. The first-order chi connectivity index (χ1) is 41.2. The lowest BCUT2D eigenvalue weighted by molar-refractivity contribution is -0.136. The van der Waals surface area contributed by atoms with Crippen LogP contribution in [-0.2, 0) is 67.0 Å². The number of nitrogens with one attached hydrogen (secondary N) is 2. The number of ether oxygens (including phenoxy) is 11. The van der Waals surface area contributed by atoms with Crippen LogP contribution in [0.4, 0.5) is 23.2 Å². The van der Waals surface area contributed by atoms with Crippen LogP contribution in [0.3, 0.4) is 0 Å². The number of rotatable bonds is 44. The second-order valence-corrected chi connectivity index (χ2v) is 21.2. The molecule has 22 nitrogen and oxygen atoms in total. The van der Waals surface area contributed by atoms with Gasteiger partial charge >= 0.3 is 5.97 Å². The van der Waals surface area contributed by atoms with Gasteiger partial charge in [-0.25, -0.2) is 22.2 Å². The van der Waals surface area contributed by atoms with Crippen molar-refractivity contribution in [3.05, 3.63) is 82.9 Å². The number of halogens is 4. The van der Waals surface area contributed by atoms with Crippen LogP contribution in [0.25, 0.3) is 17.2 Å². The van der Waals surface area contributed by atoms with E-state index in [1.807, 2.05) is 35.2 Å². The number of nitrogens with two attached hydrogens (primary N) is 1. The van der Waals surface area contributed by atoms with Crippen molar-refractivity contribution in [3.63, 3.8) is 0 Å². The third-order valence-electron chi connectivity index (χ3n) is 12.7. The van der Waals surface area contributed by atoms with Crippen LogP contribution in [0.15, 0.2) is 69.0 Å². The number of carbonyl (C=O) groups excluding carboxylic acids is 2. The number of benzene rings is 3. The summed E-state index contributed by atoms with van der Waals surface area (Å²) >= 11 is 0. The summed E-state index contributed by atoms with van der Waals surface area (Å²) in [6, 6.07) is 12.6. The summed E-state index contributed by atoms with van der Waals surface area (Å²) in [7, 11) is -2.06. The van der Waals surface area contributed by atoms with E-state index in [2.05, 4.69) is 39.2 Å². The molecule has 27 heteroatoms. The Bertz CT molecular complexity index is 2670. The number of aliphatic imine (C=N–C) groups is 2. The maximum absolute atomic E-state index is 13.7. The van der Waals surface area contributed by atoms with Crippen LogP contribution < -0.4 is 21.1 Å². The van der Waals surface area contributed by atoms with Gasteiger partial charge < -0.3 is 73.4 Å². The molecule has 5 rings (SSSR count). The Morgan fingerprint density at radius 2 is 1.14 bits per heavy atom. The first-order valence-corrected chi connectivity index (χ1v) is 30.0. The fraction of sp³-hybridized carbons (Fsp3) is 0.586. The Hall–Kier alpha value is -5.69. The van der Waals surface area contributed by atoms with E-state index in [1.165, 1.54) is 4.31 Å². The Morgan fingerprint density at radius 3 is 1.64 bits per heavy atom. The number of amidine groups is 1. The number of esters is 1. The SMILES string of the molecule is CCCN(CCC)C(=O)C1=Cc2ccc(-c3cccc(S(=O)(=O)N4CC(CN/C(=N\C)NCCOCCOCCOCCOCCOCCOCCOCCOCCOCCOCCC(=O)Oc5c(F)c(F)cc(F)c5F)C4)c3)cc2N=C(N)C1. The molecule has 0 saturated carbocycles. The topological polar surface area (TPSA) is 251 Å².